The Morgan fingerprint density at radius 2 is 2.32 bits per heavy atom. The second-order valence-corrected chi connectivity index (χ2v) is 4.06. The SMILES string of the molecule is Cc1cccc(OCCc2nnnn2CC(=O)O)c1. The molecule has 0 aliphatic rings. The second kappa shape index (κ2) is 5.94. The highest BCUT2D eigenvalue weighted by atomic mass is 16.5. The Balaban J connectivity index is 1.89. The maximum atomic E-state index is 10.6. The van der Waals surface area contributed by atoms with E-state index in [2.05, 4.69) is 15.5 Å². The summed E-state index contributed by atoms with van der Waals surface area (Å²) in [5, 5.41) is 19.5. The smallest absolute Gasteiger partial charge is 0.325 e. The number of benzene rings is 1. The number of aromatic nitrogens is 4. The summed E-state index contributed by atoms with van der Waals surface area (Å²) in [5.74, 6) is 0.292. The van der Waals surface area contributed by atoms with Crippen molar-refractivity contribution in [1.82, 2.24) is 20.2 Å². The Hall–Kier alpha value is -2.44. The molecule has 1 N–H and O–H groups in total. The zero-order chi connectivity index (χ0) is 13.7. The summed E-state index contributed by atoms with van der Waals surface area (Å²) in [4.78, 5) is 10.6. The Morgan fingerprint density at radius 3 is 3.05 bits per heavy atom. The molecule has 0 fully saturated rings. The molecule has 19 heavy (non-hydrogen) atoms. The normalized spacial score (nSPS) is 10.4. The van der Waals surface area contributed by atoms with E-state index in [0.717, 1.165) is 11.3 Å². The van der Waals surface area contributed by atoms with Crippen molar-refractivity contribution in [2.24, 2.45) is 0 Å². The summed E-state index contributed by atoms with van der Waals surface area (Å²) >= 11 is 0. The van der Waals surface area contributed by atoms with Gasteiger partial charge in [0.25, 0.3) is 0 Å². The molecule has 1 aromatic heterocycles. The molecule has 7 nitrogen and oxygen atoms in total. The van der Waals surface area contributed by atoms with Crippen molar-refractivity contribution >= 4 is 5.97 Å². The predicted molar refractivity (Wildman–Crippen MR) is 65.8 cm³/mol. The van der Waals surface area contributed by atoms with E-state index in [4.69, 9.17) is 9.84 Å². The average Bonchev–Trinajstić information content (AvgIpc) is 2.76. The lowest BCUT2D eigenvalue weighted by atomic mass is 10.2. The van der Waals surface area contributed by atoms with Crippen LogP contribution in [0.1, 0.15) is 11.4 Å². The highest BCUT2D eigenvalue weighted by Gasteiger charge is 2.09. The number of ether oxygens (including phenoxy) is 1. The van der Waals surface area contributed by atoms with E-state index in [1.807, 2.05) is 31.2 Å². The number of tetrazole rings is 1. The van der Waals surface area contributed by atoms with Crippen LogP contribution in [0.3, 0.4) is 0 Å². The Labute approximate surface area is 109 Å². The summed E-state index contributed by atoms with van der Waals surface area (Å²) in [7, 11) is 0. The zero-order valence-electron chi connectivity index (χ0n) is 10.5. The third kappa shape index (κ3) is 3.77. The van der Waals surface area contributed by atoms with Gasteiger partial charge >= 0.3 is 5.97 Å². The van der Waals surface area contributed by atoms with Crippen LogP contribution in [0.4, 0.5) is 0 Å². The molecule has 100 valence electrons. The molecule has 0 radical (unpaired) electrons. The third-order valence-corrected chi connectivity index (χ3v) is 2.48. The van der Waals surface area contributed by atoms with Crippen LogP contribution in [0, 0.1) is 6.92 Å². The minimum Gasteiger partial charge on any atom is -0.493 e. The Kier molecular flexibility index (Phi) is 4.07. The van der Waals surface area contributed by atoms with Gasteiger partial charge in [0.15, 0.2) is 5.82 Å². The van der Waals surface area contributed by atoms with Gasteiger partial charge in [0.1, 0.15) is 12.3 Å². The van der Waals surface area contributed by atoms with Crippen molar-refractivity contribution in [2.75, 3.05) is 6.61 Å². The van der Waals surface area contributed by atoms with E-state index in [1.165, 1.54) is 4.68 Å². The highest BCUT2D eigenvalue weighted by Crippen LogP contribution is 2.12. The van der Waals surface area contributed by atoms with E-state index in [9.17, 15) is 4.79 Å². The largest absolute Gasteiger partial charge is 0.493 e. The van der Waals surface area contributed by atoms with Crippen LogP contribution in [-0.2, 0) is 17.8 Å². The summed E-state index contributed by atoms with van der Waals surface area (Å²) in [6, 6.07) is 7.70. The molecular formula is C12H14N4O3. The number of aryl methyl sites for hydroxylation is 1. The average molecular weight is 262 g/mol. The van der Waals surface area contributed by atoms with Crippen molar-refractivity contribution in [3.63, 3.8) is 0 Å². The molecule has 7 heteroatoms. The molecule has 0 atom stereocenters. The Bertz CT molecular complexity index is 568. The predicted octanol–water partition coefficient (Wildman–Crippen LogP) is 0.688. The fraction of sp³-hybridized carbons (Fsp3) is 0.333. The number of nitrogens with zero attached hydrogens (tertiary/aromatic N) is 4. The quantitative estimate of drug-likeness (QED) is 0.823. The number of carbonyl (C=O) groups is 1. The monoisotopic (exact) mass is 262 g/mol. The first-order valence-electron chi connectivity index (χ1n) is 5.81. The van der Waals surface area contributed by atoms with Gasteiger partial charge in [-0.05, 0) is 35.0 Å². The van der Waals surface area contributed by atoms with E-state index < -0.39 is 5.97 Å². The van der Waals surface area contributed by atoms with Gasteiger partial charge in [0.2, 0.25) is 0 Å². The minimum absolute atomic E-state index is 0.243. The van der Waals surface area contributed by atoms with Crippen molar-refractivity contribution in [3.05, 3.63) is 35.7 Å². The first-order valence-corrected chi connectivity index (χ1v) is 5.81. The fourth-order valence-electron chi connectivity index (χ4n) is 1.62. The maximum absolute atomic E-state index is 10.6. The second-order valence-electron chi connectivity index (χ2n) is 4.06. The number of carboxylic acid groups (broad SMARTS) is 1. The fourth-order valence-corrected chi connectivity index (χ4v) is 1.62. The molecule has 0 bridgehead atoms. The van der Waals surface area contributed by atoms with Crippen LogP contribution in [0.5, 0.6) is 5.75 Å². The lowest BCUT2D eigenvalue weighted by Gasteiger charge is -2.06. The van der Waals surface area contributed by atoms with Crippen LogP contribution in [-0.4, -0.2) is 37.9 Å². The summed E-state index contributed by atoms with van der Waals surface area (Å²) in [5.41, 5.74) is 1.12. The van der Waals surface area contributed by atoms with Crippen LogP contribution in [0.2, 0.25) is 0 Å². The van der Waals surface area contributed by atoms with E-state index in [0.29, 0.717) is 18.9 Å². The van der Waals surface area contributed by atoms with Gasteiger partial charge in [-0.3, -0.25) is 4.79 Å². The third-order valence-electron chi connectivity index (χ3n) is 2.48. The van der Waals surface area contributed by atoms with Crippen molar-refractivity contribution in [2.45, 2.75) is 19.9 Å². The number of carboxylic acids is 1. The molecule has 2 aromatic rings. The van der Waals surface area contributed by atoms with Crippen LogP contribution in [0.15, 0.2) is 24.3 Å². The van der Waals surface area contributed by atoms with Crippen LogP contribution >= 0.6 is 0 Å². The molecule has 0 saturated carbocycles. The molecule has 1 heterocycles. The lowest BCUT2D eigenvalue weighted by molar-refractivity contribution is -0.138. The highest BCUT2D eigenvalue weighted by molar-refractivity contribution is 5.66. The van der Waals surface area contributed by atoms with Gasteiger partial charge in [-0.2, -0.15) is 0 Å². The molecule has 2 rings (SSSR count). The number of hydrogen-bond donors (Lipinski definition) is 1. The lowest BCUT2D eigenvalue weighted by Crippen LogP contribution is -2.15. The first kappa shape index (κ1) is 13.0. The van der Waals surface area contributed by atoms with Crippen LogP contribution in [0.25, 0.3) is 0 Å². The van der Waals surface area contributed by atoms with Gasteiger partial charge in [0, 0.05) is 6.42 Å². The number of hydrogen-bond acceptors (Lipinski definition) is 5. The van der Waals surface area contributed by atoms with Gasteiger partial charge < -0.3 is 9.84 Å². The molecule has 0 saturated heterocycles. The molecule has 0 amide bonds. The van der Waals surface area contributed by atoms with Crippen LogP contribution < -0.4 is 4.74 Å². The van der Waals surface area contributed by atoms with E-state index >= 15 is 0 Å². The van der Waals surface area contributed by atoms with Crippen molar-refractivity contribution in [3.8, 4) is 5.75 Å². The summed E-state index contributed by atoms with van der Waals surface area (Å²) < 4.78 is 6.82. The van der Waals surface area contributed by atoms with Gasteiger partial charge in [0.05, 0.1) is 6.61 Å². The van der Waals surface area contributed by atoms with E-state index in [1.54, 1.807) is 0 Å². The summed E-state index contributed by atoms with van der Waals surface area (Å²) in [6.07, 6.45) is 0.453. The molecule has 1 aromatic carbocycles. The summed E-state index contributed by atoms with van der Waals surface area (Å²) in [6.45, 7) is 2.14. The molecule has 0 spiro atoms. The number of aliphatic carboxylic acids is 1. The first-order chi connectivity index (χ1) is 9.15. The minimum atomic E-state index is -0.979. The molecule has 0 unspecified atom stereocenters. The number of rotatable bonds is 6. The molecular weight excluding hydrogens is 248 g/mol. The standard InChI is InChI=1S/C12H14N4O3/c1-9-3-2-4-10(7-9)19-6-5-11-13-14-15-16(11)8-12(17)18/h2-4,7H,5-6,8H2,1H3,(H,17,18). The molecule has 0 aliphatic heterocycles. The van der Waals surface area contributed by atoms with Crippen molar-refractivity contribution in [1.29, 1.82) is 0 Å². The Morgan fingerprint density at radius 1 is 1.47 bits per heavy atom. The van der Waals surface area contributed by atoms with Gasteiger partial charge in [-0.25, -0.2) is 4.68 Å². The van der Waals surface area contributed by atoms with E-state index in [-0.39, 0.29) is 6.54 Å². The molecule has 0 aliphatic carbocycles. The van der Waals surface area contributed by atoms with Gasteiger partial charge in [-0.15, -0.1) is 5.10 Å². The van der Waals surface area contributed by atoms with Gasteiger partial charge in [-0.1, -0.05) is 12.1 Å². The topological polar surface area (TPSA) is 90.1 Å². The zero-order valence-corrected chi connectivity index (χ0v) is 10.5. The maximum Gasteiger partial charge on any atom is 0.325 e. The van der Waals surface area contributed by atoms with Crippen molar-refractivity contribution < 1.29 is 14.6 Å².